The number of ether oxygens (including phenoxy) is 1. The van der Waals surface area contributed by atoms with E-state index in [0.29, 0.717) is 0 Å². The van der Waals surface area contributed by atoms with E-state index in [2.05, 4.69) is 19.9 Å². The summed E-state index contributed by atoms with van der Waals surface area (Å²) < 4.78 is 5.03. The van der Waals surface area contributed by atoms with E-state index >= 15 is 0 Å². The van der Waals surface area contributed by atoms with Crippen LogP contribution in [0.2, 0.25) is 5.02 Å². The highest BCUT2D eigenvalue weighted by Crippen LogP contribution is 2.22. The standard InChI is InChI=1S/C12H17ClO/c1-9-7-11(5-4-6-14-3)10(2)12(13)8-9/h7-8H,4-6H2,1-3H3. The van der Waals surface area contributed by atoms with Crippen molar-refractivity contribution in [2.45, 2.75) is 26.7 Å². The second kappa shape index (κ2) is 5.38. The molecule has 0 saturated heterocycles. The normalized spacial score (nSPS) is 10.6. The van der Waals surface area contributed by atoms with E-state index < -0.39 is 0 Å². The van der Waals surface area contributed by atoms with Crippen molar-refractivity contribution >= 4 is 11.6 Å². The summed E-state index contributed by atoms with van der Waals surface area (Å²) in [6.45, 7) is 4.96. The van der Waals surface area contributed by atoms with Crippen LogP contribution in [-0.4, -0.2) is 13.7 Å². The highest BCUT2D eigenvalue weighted by molar-refractivity contribution is 6.31. The minimum atomic E-state index is 0.811. The zero-order valence-electron chi connectivity index (χ0n) is 9.06. The number of rotatable bonds is 4. The molecule has 0 aliphatic heterocycles. The first-order chi connectivity index (χ1) is 6.65. The molecule has 0 saturated carbocycles. The van der Waals surface area contributed by atoms with Gasteiger partial charge in [0.2, 0.25) is 0 Å². The summed E-state index contributed by atoms with van der Waals surface area (Å²) in [5, 5.41) is 0.873. The summed E-state index contributed by atoms with van der Waals surface area (Å²) >= 11 is 6.10. The molecule has 1 aromatic carbocycles. The average molecular weight is 213 g/mol. The molecule has 0 aliphatic rings. The summed E-state index contributed by atoms with van der Waals surface area (Å²) in [6, 6.07) is 4.22. The van der Waals surface area contributed by atoms with Gasteiger partial charge in [0.15, 0.2) is 0 Å². The van der Waals surface area contributed by atoms with Gasteiger partial charge in [-0.3, -0.25) is 0 Å². The first kappa shape index (κ1) is 11.5. The van der Waals surface area contributed by atoms with Crippen molar-refractivity contribution in [2.24, 2.45) is 0 Å². The summed E-state index contributed by atoms with van der Waals surface area (Å²) in [5.74, 6) is 0. The van der Waals surface area contributed by atoms with Crippen molar-refractivity contribution in [3.05, 3.63) is 33.8 Å². The fourth-order valence-electron chi connectivity index (χ4n) is 1.55. The summed E-state index contributed by atoms with van der Waals surface area (Å²) in [5.41, 5.74) is 3.77. The van der Waals surface area contributed by atoms with Crippen molar-refractivity contribution in [1.29, 1.82) is 0 Å². The number of aryl methyl sites for hydroxylation is 2. The Labute approximate surface area is 91.0 Å². The molecule has 0 unspecified atom stereocenters. The van der Waals surface area contributed by atoms with Crippen LogP contribution in [-0.2, 0) is 11.2 Å². The maximum absolute atomic E-state index is 6.10. The molecule has 0 fully saturated rings. The van der Waals surface area contributed by atoms with Crippen molar-refractivity contribution in [2.75, 3.05) is 13.7 Å². The zero-order chi connectivity index (χ0) is 10.6. The number of hydrogen-bond donors (Lipinski definition) is 0. The van der Waals surface area contributed by atoms with Crippen LogP contribution in [0.1, 0.15) is 23.1 Å². The Morgan fingerprint density at radius 1 is 1.29 bits per heavy atom. The van der Waals surface area contributed by atoms with Gasteiger partial charge in [0.1, 0.15) is 0 Å². The quantitative estimate of drug-likeness (QED) is 0.694. The Morgan fingerprint density at radius 3 is 2.64 bits per heavy atom. The lowest BCUT2D eigenvalue weighted by Gasteiger charge is -2.08. The Kier molecular flexibility index (Phi) is 4.43. The van der Waals surface area contributed by atoms with Gasteiger partial charge in [-0.2, -0.15) is 0 Å². The molecule has 0 atom stereocenters. The van der Waals surface area contributed by atoms with Crippen molar-refractivity contribution in [3.8, 4) is 0 Å². The van der Waals surface area contributed by atoms with Crippen molar-refractivity contribution in [1.82, 2.24) is 0 Å². The van der Waals surface area contributed by atoms with Crippen LogP contribution >= 0.6 is 11.6 Å². The van der Waals surface area contributed by atoms with E-state index in [1.54, 1.807) is 7.11 Å². The molecule has 0 N–H and O–H groups in total. The molecule has 1 aromatic rings. The van der Waals surface area contributed by atoms with Gasteiger partial charge in [0, 0.05) is 18.7 Å². The molecule has 0 bridgehead atoms. The topological polar surface area (TPSA) is 9.23 Å². The molecule has 0 radical (unpaired) electrons. The molecule has 0 amide bonds. The van der Waals surface area contributed by atoms with Gasteiger partial charge in [-0.1, -0.05) is 17.7 Å². The van der Waals surface area contributed by atoms with E-state index in [1.165, 1.54) is 16.7 Å². The lowest BCUT2D eigenvalue weighted by Crippen LogP contribution is -1.96. The maximum Gasteiger partial charge on any atom is 0.0465 e. The highest BCUT2D eigenvalue weighted by Gasteiger charge is 2.03. The molecule has 0 spiro atoms. The van der Waals surface area contributed by atoms with Gasteiger partial charge < -0.3 is 4.74 Å². The average Bonchev–Trinajstić information content (AvgIpc) is 2.13. The zero-order valence-corrected chi connectivity index (χ0v) is 9.82. The van der Waals surface area contributed by atoms with Gasteiger partial charge in [-0.05, 0) is 49.4 Å². The van der Waals surface area contributed by atoms with Crippen LogP contribution in [0.25, 0.3) is 0 Å². The third kappa shape index (κ3) is 3.00. The third-order valence-electron chi connectivity index (χ3n) is 2.39. The van der Waals surface area contributed by atoms with Crippen molar-refractivity contribution in [3.63, 3.8) is 0 Å². The van der Waals surface area contributed by atoms with Crippen LogP contribution in [0.5, 0.6) is 0 Å². The van der Waals surface area contributed by atoms with Gasteiger partial charge in [0.05, 0.1) is 0 Å². The second-order valence-electron chi connectivity index (χ2n) is 3.63. The van der Waals surface area contributed by atoms with Crippen LogP contribution in [0.3, 0.4) is 0 Å². The van der Waals surface area contributed by atoms with Gasteiger partial charge in [-0.25, -0.2) is 0 Å². The van der Waals surface area contributed by atoms with Crippen LogP contribution in [0.15, 0.2) is 12.1 Å². The molecule has 0 aliphatic carbocycles. The Balaban J connectivity index is 2.75. The summed E-state index contributed by atoms with van der Waals surface area (Å²) in [7, 11) is 1.73. The van der Waals surface area contributed by atoms with E-state index in [1.807, 2.05) is 6.07 Å². The molecule has 0 aromatic heterocycles. The van der Waals surface area contributed by atoms with Crippen LogP contribution in [0, 0.1) is 13.8 Å². The van der Waals surface area contributed by atoms with E-state index in [4.69, 9.17) is 16.3 Å². The molecule has 1 nitrogen and oxygen atoms in total. The fraction of sp³-hybridized carbons (Fsp3) is 0.500. The minimum Gasteiger partial charge on any atom is -0.385 e. The van der Waals surface area contributed by atoms with Gasteiger partial charge in [-0.15, -0.1) is 0 Å². The summed E-state index contributed by atoms with van der Waals surface area (Å²) in [6.07, 6.45) is 2.10. The van der Waals surface area contributed by atoms with Crippen LogP contribution < -0.4 is 0 Å². The molecule has 0 heterocycles. The number of methoxy groups -OCH3 is 1. The van der Waals surface area contributed by atoms with Gasteiger partial charge >= 0.3 is 0 Å². The second-order valence-corrected chi connectivity index (χ2v) is 4.03. The minimum absolute atomic E-state index is 0.811. The molecule has 78 valence electrons. The largest absolute Gasteiger partial charge is 0.385 e. The van der Waals surface area contributed by atoms with E-state index in [-0.39, 0.29) is 0 Å². The molecular formula is C12H17ClO. The number of benzene rings is 1. The monoisotopic (exact) mass is 212 g/mol. The predicted molar refractivity (Wildman–Crippen MR) is 61.1 cm³/mol. The number of halogens is 1. The van der Waals surface area contributed by atoms with Crippen molar-refractivity contribution < 1.29 is 4.74 Å². The lowest BCUT2D eigenvalue weighted by molar-refractivity contribution is 0.195. The predicted octanol–water partition coefficient (Wildman–Crippen LogP) is 3.54. The third-order valence-corrected chi connectivity index (χ3v) is 2.78. The first-order valence-electron chi connectivity index (χ1n) is 4.89. The summed E-state index contributed by atoms with van der Waals surface area (Å²) in [4.78, 5) is 0. The maximum atomic E-state index is 6.10. The Morgan fingerprint density at radius 2 is 2.00 bits per heavy atom. The lowest BCUT2D eigenvalue weighted by atomic mass is 10.0. The molecule has 14 heavy (non-hydrogen) atoms. The van der Waals surface area contributed by atoms with Crippen LogP contribution in [0.4, 0.5) is 0 Å². The molecular weight excluding hydrogens is 196 g/mol. The first-order valence-corrected chi connectivity index (χ1v) is 5.27. The van der Waals surface area contributed by atoms with Gasteiger partial charge in [0.25, 0.3) is 0 Å². The van der Waals surface area contributed by atoms with E-state index in [0.717, 1.165) is 24.5 Å². The highest BCUT2D eigenvalue weighted by atomic mass is 35.5. The smallest absolute Gasteiger partial charge is 0.0465 e. The Bertz CT molecular complexity index is 307. The molecule has 1 rings (SSSR count). The number of hydrogen-bond acceptors (Lipinski definition) is 1. The fourth-order valence-corrected chi connectivity index (χ4v) is 1.85. The van der Waals surface area contributed by atoms with E-state index in [9.17, 15) is 0 Å². The SMILES string of the molecule is COCCCc1cc(C)cc(Cl)c1C. The Hall–Kier alpha value is -0.530. The molecule has 2 heteroatoms.